The van der Waals surface area contributed by atoms with E-state index in [1.54, 1.807) is 7.11 Å². The molecule has 0 saturated carbocycles. The molecule has 2 aliphatic heterocycles. The Hall–Kier alpha value is -4.13. The van der Waals surface area contributed by atoms with Crippen LogP contribution in [0.5, 0.6) is 5.75 Å². The summed E-state index contributed by atoms with van der Waals surface area (Å²) in [5, 5.41) is 0. The molecule has 5 aromatic carbocycles. The molecule has 2 saturated heterocycles. The number of benzene rings is 5. The van der Waals surface area contributed by atoms with Gasteiger partial charge < -0.3 is 23.4 Å². The number of hydrogen-bond acceptors (Lipinski definition) is 5. The molecule has 7 rings (SSSR count). The van der Waals surface area contributed by atoms with Crippen LogP contribution in [0.2, 0.25) is 6.32 Å². The zero-order valence-electron chi connectivity index (χ0n) is 24.6. The first-order valence-corrected chi connectivity index (χ1v) is 15.2. The Bertz CT molecular complexity index is 1510. The first-order chi connectivity index (χ1) is 21.8. The van der Waals surface area contributed by atoms with Crippen LogP contribution < -0.4 is 4.74 Å². The fourth-order valence-electron chi connectivity index (χ4n) is 6.31. The van der Waals surface area contributed by atoms with Gasteiger partial charge in [0, 0.05) is 5.82 Å². The van der Waals surface area contributed by atoms with E-state index in [1.807, 2.05) is 84.9 Å². The standard InChI is InChI=1S/C37H34B2O5/c1-40-32-24-22-27(23-25-32)33(39-43-36(30-18-10-4-11-19-30)37(44-39)31-20-12-5-13-21-31)26-38-41-34(28-14-6-2-7-15-28)35(42-38)29-16-8-3-9-17-29/h2-25,33-37H,26H2,1H3/t33?,34-,35-,36-,37-/m1/s1. The van der Waals surface area contributed by atoms with Gasteiger partial charge in [-0.05, 0) is 46.3 Å². The lowest BCUT2D eigenvalue weighted by Gasteiger charge is -2.21. The van der Waals surface area contributed by atoms with Gasteiger partial charge in [-0.15, -0.1) is 0 Å². The fraction of sp³-hybridized carbons (Fsp3) is 0.189. The highest BCUT2D eigenvalue weighted by Crippen LogP contribution is 2.48. The summed E-state index contributed by atoms with van der Waals surface area (Å²) in [6.07, 6.45) is -0.445. The van der Waals surface area contributed by atoms with Crippen molar-refractivity contribution in [3.63, 3.8) is 0 Å². The van der Waals surface area contributed by atoms with Crippen LogP contribution in [0.15, 0.2) is 146 Å². The highest BCUT2D eigenvalue weighted by atomic mass is 16.7. The van der Waals surface area contributed by atoms with Crippen LogP contribution in [0.3, 0.4) is 0 Å². The van der Waals surface area contributed by atoms with Gasteiger partial charge in [-0.25, -0.2) is 0 Å². The van der Waals surface area contributed by atoms with Gasteiger partial charge in [0.2, 0.25) is 0 Å². The molecule has 2 aliphatic rings. The topological polar surface area (TPSA) is 46.2 Å². The quantitative estimate of drug-likeness (QED) is 0.164. The zero-order valence-corrected chi connectivity index (χ0v) is 24.6. The Morgan fingerprint density at radius 1 is 0.500 bits per heavy atom. The van der Waals surface area contributed by atoms with Gasteiger partial charge in [-0.3, -0.25) is 0 Å². The number of methoxy groups -OCH3 is 1. The second-order valence-electron chi connectivity index (χ2n) is 11.3. The van der Waals surface area contributed by atoms with Gasteiger partial charge in [-0.1, -0.05) is 133 Å². The van der Waals surface area contributed by atoms with Gasteiger partial charge in [0.1, 0.15) is 5.75 Å². The summed E-state index contributed by atoms with van der Waals surface area (Å²) in [6, 6.07) is 49.4. The van der Waals surface area contributed by atoms with Gasteiger partial charge >= 0.3 is 14.2 Å². The molecule has 2 heterocycles. The third-order valence-electron chi connectivity index (χ3n) is 8.54. The average Bonchev–Trinajstić information content (AvgIpc) is 3.74. The summed E-state index contributed by atoms with van der Waals surface area (Å²) in [5.41, 5.74) is 5.42. The lowest BCUT2D eigenvalue weighted by molar-refractivity contribution is 0.159. The third kappa shape index (κ3) is 6.10. The summed E-state index contributed by atoms with van der Waals surface area (Å²) in [4.78, 5) is 0. The second-order valence-corrected chi connectivity index (χ2v) is 11.3. The van der Waals surface area contributed by atoms with Crippen molar-refractivity contribution in [3.05, 3.63) is 173 Å². The molecule has 5 atom stereocenters. The Labute approximate surface area is 260 Å². The van der Waals surface area contributed by atoms with E-state index in [-0.39, 0.29) is 30.2 Å². The number of hydrogen-bond donors (Lipinski definition) is 0. The smallest absolute Gasteiger partial charge is 0.465 e. The lowest BCUT2D eigenvalue weighted by atomic mass is 9.58. The van der Waals surface area contributed by atoms with Gasteiger partial charge in [0.25, 0.3) is 0 Å². The van der Waals surface area contributed by atoms with Crippen molar-refractivity contribution >= 4 is 14.2 Å². The molecule has 0 bridgehead atoms. The van der Waals surface area contributed by atoms with E-state index in [9.17, 15) is 0 Å². The van der Waals surface area contributed by atoms with E-state index in [1.165, 1.54) is 0 Å². The summed E-state index contributed by atoms with van der Waals surface area (Å²) >= 11 is 0. The molecule has 0 spiro atoms. The maximum Gasteiger partial charge on any atom is 0.465 e. The molecular formula is C37H34B2O5. The van der Waals surface area contributed by atoms with Crippen LogP contribution in [0.4, 0.5) is 0 Å². The minimum atomic E-state index is -0.531. The van der Waals surface area contributed by atoms with Crippen molar-refractivity contribution in [1.82, 2.24) is 0 Å². The Morgan fingerprint density at radius 3 is 1.23 bits per heavy atom. The minimum Gasteiger partial charge on any atom is -0.497 e. The summed E-state index contributed by atoms with van der Waals surface area (Å²) < 4.78 is 32.7. The predicted molar refractivity (Wildman–Crippen MR) is 173 cm³/mol. The van der Waals surface area contributed by atoms with Crippen molar-refractivity contribution in [3.8, 4) is 5.75 Å². The van der Waals surface area contributed by atoms with Crippen LogP contribution in [-0.4, -0.2) is 21.3 Å². The van der Waals surface area contributed by atoms with Crippen molar-refractivity contribution < 1.29 is 23.4 Å². The highest BCUT2D eigenvalue weighted by molar-refractivity contribution is 6.53. The summed E-state index contributed by atoms with van der Waals surface area (Å²) in [7, 11) is 0.672. The molecule has 0 N–H and O–H groups in total. The van der Waals surface area contributed by atoms with Crippen molar-refractivity contribution in [1.29, 1.82) is 0 Å². The molecule has 0 aromatic heterocycles. The van der Waals surface area contributed by atoms with Crippen molar-refractivity contribution in [2.75, 3.05) is 7.11 Å². The molecule has 44 heavy (non-hydrogen) atoms. The van der Waals surface area contributed by atoms with Crippen LogP contribution in [0.1, 0.15) is 58.1 Å². The predicted octanol–water partition coefficient (Wildman–Crippen LogP) is 8.35. The molecule has 1 unspecified atom stereocenters. The normalized spacial score (nSPS) is 22.2. The number of rotatable bonds is 9. The molecule has 0 amide bonds. The maximum atomic E-state index is 6.86. The number of ether oxygens (including phenoxy) is 1. The van der Waals surface area contributed by atoms with E-state index in [4.69, 9.17) is 23.4 Å². The fourth-order valence-corrected chi connectivity index (χ4v) is 6.31. The van der Waals surface area contributed by atoms with E-state index < -0.39 is 14.2 Å². The van der Waals surface area contributed by atoms with Gasteiger partial charge in [0.15, 0.2) is 0 Å². The summed E-state index contributed by atoms with van der Waals surface area (Å²) in [6.45, 7) is 0. The van der Waals surface area contributed by atoms with E-state index in [2.05, 4.69) is 60.7 Å². The minimum absolute atomic E-state index is 0.170. The molecule has 5 nitrogen and oxygen atoms in total. The van der Waals surface area contributed by atoms with Crippen LogP contribution in [0.25, 0.3) is 0 Å². The third-order valence-corrected chi connectivity index (χ3v) is 8.54. The zero-order chi connectivity index (χ0) is 29.7. The molecule has 5 aromatic rings. The van der Waals surface area contributed by atoms with Crippen molar-refractivity contribution in [2.45, 2.75) is 36.6 Å². The van der Waals surface area contributed by atoms with E-state index in [0.29, 0.717) is 6.32 Å². The Morgan fingerprint density at radius 2 is 0.864 bits per heavy atom. The van der Waals surface area contributed by atoms with Crippen LogP contribution >= 0.6 is 0 Å². The van der Waals surface area contributed by atoms with Crippen LogP contribution in [0, 0.1) is 0 Å². The SMILES string of the molecule is COc1ccc(C(CB2O[C@H](c3ccccc3)[C@@H](c3ccccc3)O2)B2O[C@H](c3ccccc3)[C@@H](c3ccccc3)O2)cc1. The van der Waals surface area contributed by atoms with Crippen molar-refractivity contribution in [2.24, 2.45) is 0 Å². The monoisotopic (exact) mass is 580 g/mol. The van der Waals surface area contributed by atoms with Gasteiger partial charge in [0.05, 0.1) is 31.5 Å². The first kappa shape index (κ1) is 28.6. The Balaban J connectivity index is 1.22. The molecule has 7 heteroatoms. The molecule has 2 fully saturated rings. The average molecular weight is 580 g/mol. The Kier molecular flexibility index (Phi) is 8.62. The largest absolute Gasteiger partial charge is 0.497 e. The van der Waals surface area contributed by atoms with Crippen LogP contribution in [-0.2, 0) is 18.6 Å². The lowest BCUT2D eigenvalue weighted by Crippen LogP contribution is -2.31. The summed E-state index contributed by atoms with van der Waals surface area (Å²) in [5.74, 6) is 0.628. The van der Waals surface area contributed by atoms with E-state index in [0.717, 1.165) is 33.6 Å². The molecule has 0 radical (unpaired) electrons. The van der Waals surface area contributed by atoms with Gasteiger partial charge in [-0.2, -0.15) is 0 Å². The maximum absolute atomic E-state index is 6.86. The van der Waals surface area contributed by atoms with E-state index >= 15 is 0 Å². The first-order valence-electron chi connectivity index (χ1n) is 15.2. The molecular weight excluding hydrogens is 546 g/mol. The molecule has 218 valence electrons. The molecule has 0 aliphatic carbocycles. The second kappa shape index (κ2) is 13.2. The highest BCUT2D eigenvalue weighted by Gasteiger charge is 2.50.